The summed E-state index contributed by atoms with van der Waals surface area (Å²) in [5.74, 6) is -0.917. The van der Waals surface area contributed by atoms with Crippen molar-refractivity contribution in [3.63, 3.8) is 0 Å². The van der Waals surface area contributed by atoms with Crippen LogP contribution in [0.1, 0.15) is 42.3 Å². The molecule has 0 atom stereocenters. The summed E-state index contributed by atoms with van der Waals surface area (Å²) in [7, 11) is 0. The van der Waals surface area contributed by atoms with E-state index in [1.807, 2.05) is 32.9 Å². The zero-order valence-electron chi connectivity index (χ0n) is 10.0. The summed E-state index contributed by atoms with van der Waals surface area (Å²) < 4.78 is 0. The molecule has 0 fully saturated rings. The lowest BCUT2D eigenvalue weighted by Gasteiger charge is -2.02. The van der Waals surface area contributed by atoms with Gasteiger partial charge in [0.15, 0.2) is 0 Å². The lowest BCUT2D eigenvalue weighted by Crippen LogP contribution is -1.96. The number of hydrogen-bond donors (Lipinski definition) is 1. The first-order valence-electron chi connectivity index (χ1n) is 5.31. The lowest BCUT2D eigenvalue weighted by atomic mass is 10.0. The molecular formula is C14H18O2. The molecule has 0 unspecified atom stereocenters. The van der Waals surface area contributed by atoms with E-state index in [0.717, 1.165) is 11.1 Å². The fourth-order valence-electron chi connectivity index (χ4n) is 1.22. The Morgan fingerprint density at radius 2 is 1.94 bits per heavy atom. The molecule has 0 amide bonds. The van der Waals surface area contributed by atoms with Crippen LogP contribution in [0, 0.1) is 0 Å². The molecule has 0 radical (unpaired) electrons. The van der Waals surface area contributed by atoms with Crippen LogP contribution >= 0.6 is 0 Å². The predicted octanol–water partition coefficient (Wildman–Crippen LogP) is 4.09. The van der Waals surface area contributed by atoms with Crippen molar-refractivity contribution in [2.24, 2.45) is 0 Å². The van der Waals surface area contributed by atoms with E-state index in [0.29, 0.717) is 0 Å². The van der Waals surface area contributed by atoms with Crippen LogP contribution in [-0.2, 0) is 0 Å². The third-order valence-electron chi connectivity index (χ3n) is 1.90. The number of hydrogen-bond acceptors (Lipinski definition) is 1. The van der Waals surface area contributed by atoms with Crippen LogP contribution in [0.4, 0.5) is 0 Å². The average molecular weight is 218 g/mol. The van der Waals surface area contributed by atoms with Crippen molar-refractivity contribution in [2.45, 2.75) is 20.8 Å². The summed E-state index contributed by atoms with van der Waals surface area (Å²) in [6, 6.07) is 4.98. The van der Waals surface area contributed by atoms with Crippen LogP contribution in [-0.4, -0.2) is 11.1 Å². The number of carboxylic acid groups (broad SMARTS) is 1. The molecule has 1 rings (SSSR count). The van der Waals surface area contributed by atoms with E-state index in [1.165, 1.54) is 0 Å². The summed E-state index contributed by atoms with van der Waals surface area (Å²) in [6.07, 6.45) is 5.48. The minimum Gasteiger partial charge on any atom is -0.478 e. The van der Waals surface area contributed by atoms with E-state index < -0.39 is 5.97 Å². The van der Waals surface area contributed by atoms with Crippen molar-refractivity contribution in [1.82, 2.24) is 0 Å². The molecule has 0 heterocycles. The van der Waals surface area contributed by atoms with Gasteiger partial charge in [-0.25, -0.2) is 4.79 Å². The van der Waals surface area contributed by atoms with Gasteiger partial charge in [0.05, 0.1) is 5.56 Å². The zero-order valence-corrected chi connectivity index (χ0v) is 10.0. The van der Waals surface area contributed by atoms with Gasteiger partial charge in [0, 0.05) is 0 Å². The number of allylic oxidation sites excluding steroid dienone is 1. The third kappa shape index (κ3) is 3.73. The molecule has 2 nitrogen and oxygen atoms in total. The van der Waals surface area contributed by atoms with E-state index in [1.54, 1.807) is 24.3 Å². The Hall–Kier alpha value is -1.83. The summed E-state index contributed by atoms with van der Waals surface area (Å²) in [4.78, 5) is 10.7. The molecule has 2 heteroatoms. The number of carbonyl (C=O) groups is 1. The smallest absolute Gasteiger partial charge is 0.335 e. The number of aromatic carboxylic acids is 1. The minimum absolute atomic E-state index is 0.285. The fraction of sp³-hybridized carbons (Fsp3) is 0.214. The van der Waals surface area contributed by atoms with Gasteiger partial charge in [-0.3, -0.25) is 0 Å². The maximum atomic E-state index is 10.7. The molecule has 0 aliphatic heterocycles. The van der Waals surface area contributed by atoms with Crippen molar-refractivity contribution >= 4 is 18.1 Å². The highest BCUT2D eigenvalue weighted by atomic mass is 16.4. The Bertz CT molecular complexity index is 390. The summed E-state index contributed by atoms with van der Waals surface area (Å²) in [5.41, 5.74) is 2.10. The monoisotopic (exact) mass is 218 g/mol. The average Bonchev–Trinajstić information content (AvgIpc) is 2.32. The third-order valence-corrected chi connectivity index (χ3v) is 1.90. The normalized spacial score (nSPS) is 9.44. The molecule has 1 aromatic rings. The van der Waals surface area contributed by atoms with Crippen LogP contribution < -0.4 is 0 Å². The zero-order chi connectivity index (χ0) is 12.6. The molecule has 0 spiro atoms. The molecule has 86 valence electrons. The first kappa shape index (κ1) is 14.2. The topological polar surface area (TPSA) is 37.3 Å². The maximum absolute atomic E-state index is 10.7. The standard InChI is InChI=1S/C12H12O2.C2H6/c1-3-5-10-6-7-11(12(13)14)8-9(10)4-2;1-2/h3-8H,2H2,1H3,(H,13,14);1-2H3/b5-3-;. The van der Waals surface area contributed by atoms with Gasteiger partial charge in [-0.2, -0.15) is 0 Å². The van der Waals surface area contributed by atoms with Crippen molar-refractivity contribution in [3.05, 3.63) is 47.5 Å². The molecule has 0 saturated heterocycles. The Kier molecular flexibility index (Phi) is 6.61. The van der Waals surface area contributed by atoms with E-state index in [-0.39, 0.29) is 5.56 Å². The van der Waals surface area contributed by atoms with Gasteiger partial charge in [0.25, 0.3) is 0 Å². The molecule has 0 aliphatic carbocycles. The Morgan fingerprint density at radius 3 is 2.38 bits per heavy atom. The van der Waals surface area contributed by atoms with Crippen LogP contribution in [0.2, 0.25) is 0 Å². The molecule has 1 aromatic carbocycles. The SMILES string of the molecule is C=Cc1cc(C(=O)O)ccc1/C=C\C.CC. The second kappa shape index (κ2) is 7.46. The van der Waals surface area contributed by atoms with Gasteiger partial charge in [0.1, 0.15) is 0 Å². The quantitative estimate of drug-likeness (QED) is 0.829. The molecule has 0 bridgehead atoms. The van der Waals surface area contributed by atoms with Gasteiger partial charge in [-0.05, 0) is 30.2 Å². The molecule has 1 N–H and O–H groups in total. The highest BCUT2D eigenvalue weighted by molar-refractivity contribution is 5.89. The van der Waals surface area contributed by atoms with Gasteiger partial charge < -0.3 is 5.11 Å². The van der Waals surface area contributed by atoms with Gasteiger partial charge in [-0.15, -0.1) is 0 Å². The van der Waals surface area contributed by atoms with Gasteiger partial charge >= 0.3 is 5.97 Å². The minimum atomic E-state index is -0.917. The van der Waals surface area contributed by atoms with Crippen LogP contribution in [0.5, 0.6) is 0 Å². The summed E-state index contributed by atoms with van der Waals surface area (Å²) in [6.45, 7) is 9.56. The highest BCUT2D eigenvalue weighted by Gasteiger charge is 2.04. The summed E-state index contributed by atoms with van der Waals surface area (Å²) >= 11 is 0. The Balaban J connectivity index is 0.00000106. The van der Waals surface area contributed by atoms with Crippen molar-refractivity contribution < 1.29 is 9.90 Å². The Labute approximate surface area is 96.9 Å². The fourth-order valence-corrected chi connectivity index (χ4v) is 1.22. The number of carboxylic acids is 1. The molecule has 0 aromatic heterocycles. The van der Waals surface area contributed by atoms with Gasteiger partial charge in [-0.1, -0.05) is 44.7 Å². The molecule has 16 heavy (non-hydrogen) atoms. The first-order valence-corrected chi connectivity index (χ1v) is 5.31. The maximum Gasteiger partial charge on any atom is 0.335 e. The van der Waals surface area contributed by atoms with E-state index in [4.69, 9.17) is 5.11 Å². The predicted molar refractivity (Wildman–Crippen MR) is 69.5 cm³/mol. The van der Waals surface area contributed by atoms with E-state index in [2.05, 4.69) is 6.58 Å². The number of rotatable bonds is 3. The van der Waals surface area contributed by atoms with E-state index in [9.17, 15) is 4.79 Å². The second-order valence-electron chi connectivity index (χ2n) is 2.85. The van der Waals surface area contributed by atoms with Crippen molar-refractivity contribution in [1.29, 1.82) is 0 Å². The first-order chi connectivity index (χ1) is 7.69. The van der Waals surface area contributed by atoms with Crippen LogP contribution in [0.3, 0.4) is 0 Å². The molecule has 0 aliphatic rings. The van der Waals surface area contributed by atoms with Crippen LogP contribution in [0.15, 0.2) is 30.9 Å². The van der Waals surface area contributed by atoms with Crippen molar-refractivity contribution in [3.8, 4) is 0 Å². The highest BCUT2D eigenvalue weighted by Crippen LogP contribution is 2.15. The summed E-state index contributed by atoms with van der Waals surface area (Å²) in [5, 5.41) is 8.77. The number of benzene rings is 1. The molecular weight excluding hydrogens is 200 g/mol. The van der Waals surface area contributed by atoms with Crippen molar-refractivity contribution in [2.75, 3.05) is 0 Å². The van der Waals surface area contributed by atoms with Gasteiger partial charge in [0.2, 0.25) is 0 Å². The lowest BCUT2D eigenvalue weighted by molar-refractivity contribution is 0.0697. The second-order valence-corrected chi connectivity index (χ2v) is 2.85. The van der Waals surface area contributed by atoms with E-state index >= 15 is 0 Å². The molecule has 0 saturated carbocycles. The largest absolute Gasteiger partial charge is 0.478 e. The Morgan fingerprint density at radius 1 is 1.31 bits per heavy atom. The van der Waals surface area contributed by atoms with Crippen LogP contribution in [0.25, 0.3) is 12.2 Å².